The maximum absolute atomic E-state index is 12.3. The molecule has 0 amide bonds. The van der Waals surface area contributed by atoms with E-state index in [4.69, 9.17) is 4.74 Å². The van der Waals surface area contributed by atoms with Gasteiger partial charge in [0.05, 0.1) is 18.6 Å². The second-order valence-electron chi connectivity index (χ2n) is 9.40. The van der Waals surface area contributed by atoms with Crippen LogP contribution in [0.5, 0.6) is 0 Å². The fraction of sp³-hybridized carbons (Fsp3) is 0.810. The molecule has 0 heterocycles. The second-order valence-corrected chi connectivity index (χ2v) is 9.40. The highest BCUT2D eigenvalue weighted by molar-refractivity contribution is 5.88. The molecule has 3 unspecified atom stereocenters. The molecule has 4 heteroatoms. The maximum Gasteiger partial charge on any atom is 0.333 e. The monoisotopic (exact) mass is 348 g/mol. The van der Waals surface area contributed by atoms with Crippen LogP contribution in [-0.4, -0.2) is 30.6 Å². The van der Waals surface area contributed by atoms with Crippen molar-refractivity contribution in [2.75, 3.05) is 7.11 Å². The lowest BCUT2D eigenvalue weighted by Gasteiger charge is -2.62. The lowest BCUT2D eigenvalue weighted by atomic mass is 9.42. The van der Waals surface area contributed by atoms with Gasteiger partial charge in [-0.1, -0.05) is 33.3 Å². The van der Waals surface area contributed by atoms with Crippen molar-refractivity contribution in [2.24, 2.45) is 28.1 Å². The van der Waals surface area contributed by atoms with E-state index >= 15 is 0 Å². The third-order valence-corrected chi connectivity index (χ3v) is 7.89. The zero-order valence-electron chi connectivity index (χ0n) is 16.0. The lowest BCUT2D eigenvalue weighted by Crippen LogP contribution is -2.59. The summed E-state index contributed by atoms with van der Waals surface area (Å²) in [4.78, 5) is 24.3. The fourth-order valence-corrected chi connectivity index (χ4v) is 6.63. The van der Waals surface area contributed by atoms with Crippen molar-refractivity contribution in [1.29, 1.82) is 0 Å². The van der Waals surface area contributed by atoms with Gasteiger partial charge in [0.25, 0.3) is 0 Å². The summed E-state index contributed by atoms with van der Waals surface area (Å²) in [6.07, 6.45) is 8.18. The standard InChI is InChI=1S/C21H32O4/c1-19(2)9-5-10-20(3)15(19)8-11-21(13-22)16(20)7-6-14(12-17(21)23)18(24)25-4/h6,13,15-17,23H,5,7-12H2,1-4H3/t15?,16?,17?,20-,21-/m0/s1. The number of carbonyl (C=O) groups excluding carboxylic acids is 2. The van der Waals surface area contributed by atoms with E-state index in [9.17, 15) is 14.7 Å². The Labute approximate surface area is 151 Å². The summed E-state index contributed by atoms with van der Waals surface area (Å²) in [7, 11) is 1.37. The molecule has 2 saturated carbocycles. The summed E-state index contributed by atoms with van der Waals surface area (Å²) >= 11 is 0. The first-order valence-corrected chi connectivity index (χ1v) is 9.63. The molecule has 1 N–H and O–H groups in total. The van der Waals surface area contributed by atoms with Gasteiger partial charge in [0.1, 0.15) is 6.29 Å². The highest BCUT2D eigenvalue weighted by atomic mass is 16.5. The zero-order valence-corrected chi connectivity index (χ0v) is 16.0. The highest BCUT2D eigenvalue weighted by Crippen LogP contribution is 2.66. The summed E-state index contributed by atoms with van der Waals surface area (Å²) in [5.41, 5.74) is 0.0455. The van der Waals surface area contributed by atoms with E-state index in [1.54, 1.807) is 0 Å². The summed E-state index contributed by atoms with van der Waals surface area (Å²) < 4.78 is 4.87. The third kappa shape index (κ3) is 2.68. The Hall–Kier alpha value is -1.16. The van der Waals surface area contributed by atoms with Gasteiger partial charge in [-0.15, -0.1) is 0 Å². The molecular formula is C21H32O4. The molecule has 0 aromatic heterocycles. The van der Waals surface area contributed by atoms with Crippen molar-refractivity contribution in [1.82, 2.24) is 0 Å². The highest BCUT2D eigenvalue weighted by Gasteiger charge is 2.62. The van der Waals surface area contributed by atoms with Crippen molar-refractivity contribution in [2.45, 2.75) is 71.8 Å². The van der Waals surface area contributed by atoms with Gasteiger partial charge in [-0.2, -0.15) is 0 Å². The summed E-state index contributed by atoms with van der Waals surface area (Å²) in [6.45, 7) is 7.03. The fourth-order valence-electron chi connectivity index (χ4n) is 6.63. The Bertz CT molecular complexity index is 593. The second kappa shape index (κ2) is 6.22. The SMILES string of the molecule is COC(=O)C1=CCC2[C@@]3(C)CCCC(C)(C)C3CC[C@@]2(C=O)C(O)C1. The Morgan fingerprint density at radius 3 is 2.60 bits per heavy atom. The number of rotatable bonds is 2. The molecule has 140 valence electrons. The van der Waals surface area contributed by atoms with Crippen molar-refractivity contribution < 1.29 is 19.4 Å². The van der Waals surface area contributed by atoms with Crippen LogP contribution in [-0.2, 0) is 14.3 Å². The lowest BCUT2D eigenvalue weighted by molar-refractivity contribution is -0.170. The van der Waals surface area contributed by atoms with Crippen molar-refractivity contribution in [3.8, 4) is 0 Å². The van der Waals surface area contributed by atoms with E-state index in [-0.39, 0.29) is 29.1 Å². The smallest absolute Gasteiger partial charge is 0.333 e. The van der Waals surface area contributed by atoms with Crippen LogP contribution >= 0.6 is 0 Å². The van der Waals surface area contributed by atoms with Crippen LogP contribution in [0.3, 0.4) is 0 Å². The predicted molar refractivity (Wildman–Crippen MR) is 95.8 cm³/mol. The zero-order chi connectivity index (χ0) is 18.5. The van der Waals surface area contributed by atoms with E-state index in [1.165, 1.54) is 13.5 Å². The summed E-state index contributed by atoms with van der Waals surface area (Å²) in [5, 5.41) is 11.0. The Kier molecular flexibility index (Phi) is 4.64. The molecule has 0 spiro atoms. The van der Waals surface area contributed by atoms with Gasteiger partial charge in [-0.25, -0.2) is 4.79 Å². The number of ether oxygens (including phenoxy) is 1. The van der Waals surface area contributed by atoms with Crippen LogP contribution in [0.25, 0.3) is 0 Å². The molecule has 3 aliphatic rings. The quantitative estimate of drug-likeness (QED) is 0.611. The molecule has 0 aromatic rings. The first kappa shape index (κ1) is 18.6. The Morgan fingerprint density at radius 1 is 1.24 bits per heavy atom. The van der Waals surface area contributed by atoms with Gasteiger partial charge in [-0.05, 0) is 54.8 Å². The first-order valence-electron chi connectivity index (χ1n) is 9.63. The number of aliphatic hydroxyl groups is 1. The average Bonchev–Trinajstić information content (AvgIpc) is 2.71. The summed E-state index contributed by atoms with van der Waals surface area (Å²) in [6, 6.07) is 0. The van der Waals surface area contributed by atoms with Gasteiger partial charge < -0.3 is 14.6 Å². The van der Waals surface area contributed by atoms with Crippen molar-refractivity contribution in [3.63, 3.8) is 0 Å². The topological polar surface area (TPSA) is 63.6 Å². The van der Waals surface area contributed by atoms with Crippen LogP contribution < -0.4 is 0 Å². The van der Waals surface area contributed by atoms with Crippen LogP contribution in [0.4, 0.5) is 0 Å². The number of methoxy groups -OCH3 is 1. The summed E-state index contributed by atoms with van der Waals surface area (Å²) in [5.74, 6) is 0.240. The molecule has 0 aliphatic heterocycles. The number of fused-ring (bicyclic) bond motifs is 3. The van der Waals surface area contributed by atoms with E-state index < -0.39 is 11.5 Å². The normalized spacial score (nSPS) is 43.1. The van der Waals surface area contributed by atoms with Crippen LogP contribution in [0.1, 0.15) is 65.7 Å². The number of aliphatic hydroxyl groups excluding tert-OH is 1. The molecule has 0 saturated heterocycles. The van der Waals surface area contributed by atoms with Gasteiger partial charge in [-0.3, -0.25) is 0 Å². The number of hydrogen-bond acceptors (Lipinski definition) is 4. The predicted octanol–water partition coefficient (Wildman–Crippen LogP) is 3.67. The van der Waals surface area contributed by atoms with Crippen LogP contribution in [0.2, 0.25) is 0 Å². The molecule has 0 radical (unpaired) electrons. The molecule has 0 bridgehead atoms. The number of aldehydes is 1. The minimum Gasteiger partial charge on any atom is -0.466 e. The van der Waals surface area contributed by atoms with Gasteiger partial charge >= 0.3 is 5.97 Å². The third-order valence-electron chi connectivity index (χ3n) is 7.89. The number of esters is 1. The van der Waals surface area contributed by atoms with E-state index in [2.05, 4.69) is 20.8 Å². The molecular weight excluding hydrogens is 316 g/mol. The molecule has 3 rings (SSSR count). The van der Waals surface area contributed by atoms with Gasteiger partial charge in [0, 0.05) is 12.0 Å². The Balaban J connectivity index is 2.05. The van der Waals surface area contributed by atoms with E-state index in [0.717, 1.165) is 25.5 Å². The largest absolute Gasteiger partial charge is 0.466 e. The van der Waals surface area contributed by atoms with Crippen LogP contribution in [0.15, 0.2) is 11.6 Å². The van der Waals surface area contributed by atoms with Crippen LogP contribution in [0, 0.1) is 28.1 Å². The van der Waals surface area contributed by atoms with E-state index in [0.29, 0.717) is 24.3 Å². The Morgan fingerprint density at radius 2 is 1.96 bits per heavy atom. The molecule has 3 aliphatic carbocycles. The molecule has 0 aromatic carbocycles. The maximum atomic E-state index is 12.3. The molecule has 2 fully saturated rings. The van der Waals surface area contributed by atoms with Crippen molar-refractivity contribution >= 4 is 12.3 Å². The minimum absolute atomic E-state index is 0.0178. The van der Waals surface area contributed by atoms with Crippen molar-refractivity contribution in [3.05, 3.63) is 11.6 Å². The molecule has 4 nitrogen and oxygen atoms in total. The number of allylic oxidation sites excluding steroid dienone is 1. The van der Waals surface area contributed by atoms with Gasteiger partial charge in [0.15, 0.2) is 0 Å². The molecule has 5 atom stereocenters. The number of carbonyl (C=O) groups is 2. The van der Waals surface area contributed by atoms with Gasteiger partial charge in [0.2, 0.25) is 0 Å². The number of hydrogen-bond donors (Lipinski definition) is 1. The molecule has 25 heavy (non-hydrogen) atoms. The van der Waals surface area contributed by atoms with E-state index in [1.807, 2.05) is 6.08 Å². The first-order chi connectivity index (χ1) is 11.7. The minimum atomic E-state index is -0.814. The average molecular weight is 348 g/mol.